The highest BCUT2D eigenvalue weighted by Gasteiger charge is 2.18. The normalized spacial score (nSPS) is 10.9. The van der Waals surface area contributed by atoms with E-state index in [1.807, 2.05) is 72.2 Å². The first-order valence-corrected chi connectivity index (χ1v) is 10.1. The fourth-order valence-corrected chi connectivity index (χ4v) is 3.54. The van der Waals surface area contributed by atoms with E-state index in [2.05, 4.69) is 22.0 Å². The predicted octanol–water partition coefficient (Wildman–Crippen LogP) is 3.62. The van der Waals surface area contributed by atoms with Crippen molar-refractivity contribution in [3.63, 3.8) is 0 Å². The van der Waals surface area contributed by atoms with Crippen molar-refractivity contribution in [3.05, 3.63) is 94.9 Å². The van der Waals surface area contributed by atoms with Crippen LogP contribution in [0.2, 0.25) is 0 Å². The summed E-state index contributed by atoms with van der Waals surface area (Å²) in [5.41, 5.74) is 2.61. The lowest BCUT2D eigenvalue weighted by Gasteiger charge is -2.14. The highest BCUT2D eigenvalue weighted by molar-refractivity contribution is 5.90. The van der Waals surface area contributed by atoms with Crippen LogP contribution < -0.4 is 10.9 Å². The number of aromatic nitrogens is 4. The van der Waals surface area contributed by atoms with Crippen LogP contribution >= 0.6 is 0 Å². The number of allylic oxidation sites excluding steroid dienone is 1. The number of hydrogen-bond acceptors (Lipinski definition) is 4. The van der Waals surface area contributed by atoms with E-state index >= 15 is 0 Å². The molecule has 0 aliphatic carbocycles. The minimum absolute atomic E-state index is 0.149. The van der Waals surface area contributed by atoms with E-state index in [-0.39, 0.29) is 17.9 Å². The Labute approximate surface area is 179 Å². The second-order valence-electron chi connectivity index (χ2n) is 7.20. The molecule has 0 saturated carbocycles. The summed E-state index contributed by atoms with van der Waals surface area (Å²) in [6, 6.07) is 18.8. The molecule has 31 heavy (non-hydrogen) atoms. The standard InChI is InChI=1S/C24H23N5O2/c1-3-16-28-17(2)20(14-15-21(30)25-19-12-8-5-9-13-19)23(31)29-24(28)26-22(27-29)18-10-6-4-7-11-18/h3-13H,1,14-16H2,2H3,(H,25,30). The largest absolute Gasteiger partial charge is 0.326 e. The lowest BCUT2D eigenvalue weighted by Crippen LogP contribution is -2.27. The maximum Gasteiger partial charge on any atom is 0.279 e. The molecule has 2 heterocycles. The number of rotatable bonds is 7. The van der Waals surface area contributed by atoms with E-state index in [1.54, 1.807) is 6.08 Å². The van der Waals surface area contributed by atoms with Crippen LogP contribution in [0.4, 0.5) is 5.69 Å². The number of amides is 1. The third-order valence-corrected chi connectivity index (χ3v) is 5.13. The van der Waals surface area contributed by atoms with Gasteiger partial charge in [0.2, 0.25) is 11.7 Å². The number of hydrogen-bond donors (Lipinski definition) is 1. The van der Waals surface area contributed by atoms with Crippen molar-refractivity contribution >= 4 is 17.4 Å². The molecule has 0 bridgehead atoms. The first-order valence-electron chi connectivity index (χ1n) is 10.1. The fourth-order valence-electron chi connectivity index (χ4n) is 3.54. The highest BCUT2D eigenvalue weighted by atomic mass is 16.1. The van der Waals surface area contributed by atoms with Crippen molar-refractivity contribution in [2.24, 2.45) is 0 Å². The third-order valence-electron chi connectivity index (χ3n) is 5.13. The van der Waals surface area contributed by atoms with Crippen molar-refractivity contribution in [2.45, 2.75) is 26.3 Å². The number of nitrogens with one attached hydrogen (secondary N) is 1. The van der Waals surface area contributed by atoms with Crippen LogP contribution in [-0.4, -0.2) is 25.1 Å². The molecule has 0 unspecified atom stereocenters. The maximum absolute atomic E-state index is 13.2. The SMILES string of the molecule is C=CCn1c(C)c(CCC(=O)Nc2ccccc2)c(=O)n2nc(-c3ccccc3)nc12. The molecule has 0 aliphatic rings. The lowest BCUT2D eigenvalue weighted by atomic mass is 10.1. The second-order valence-corrected chi connectivity index (χ2v) is 7.20. The number of nitrogens with zero attached hydrogens (tertiary/aromatic N) is 4. The Kier molecular flexibility index (Phi) is 5.75. The Morgan fingerprint density at radius 3 is 2.45 bits per heavy atom. The molecular weight excluding hydrogens is 390 g/mol. The molecule has 156 valence electrons. The number of anilines is 1. The average Bonchev–Trinajstić information content (AvgIpc) is 3.23. The van der Waals surface area contributed by atoms with Gasteiger partial charge in [-0.2, -0.15) is 9.50 Å². The van der Waals surface area contributed by atoms with Gasteiger partial charge in [0.1, 0.15) is 0 Å². The van der Waals surface area contributed by atoms with Gasteiger partial charge in [-0.15, -0.1) is 11.7 Å². The Morgan fingerprint density at radius 2 is 1.77 bits per heavy atom. The van der Waals surface area contributed by atoms with Crippen molar-refractivity contribution in [1.82, 2.24) is 19.2 Å². The summed E-state index contributed by atoms with van der Waals surface area (Å²) in [4.78, 5) is 30.2. The van der Waals surface area contributed by atoms with Gasteiger partial charge in [0.15, 0.2) is 5.82 Å². The minimum Gasteiger partial charge on any atom is -0.326 e. The van der Waals surface area contributed by atoms with E-state index < -0.39 is 0 Å². The number of carbonyl (C=O) groups excluding carboxylic acids is 1. The molecule has 7 nitrogen and oxygen atoms in total. The fraction of sp³-hybridized carbons (Fsp3) is 0.167. The molecule has 0 spiro atoms. The summed E-state index contributed by atoms with van der Waals surface area (Å²) in [6.07, 6.45) is 2.24. The average molecular weight is 413 g/mol. The zero-order valence-electron chi connectivity index (χ0n) is 17.3. The van der Waals surface area contributed by atoms with Gasteiger partial charge in [-0.1, -0.05) is 54.6 Å². The summed E-state index contributed by atoms with van der Waals surface area (Å²) < 4.78 is 3.22. The molecule has 0 aliphatic heterocycles. The molecule has 0 radical (unpaired) electrons. The van der Waals surface area contributed by atoms with Crippen LogP contribution in [0.15, 0.2) is 78.1 Å². The summed E-state index contributed by atoms with van der Waals surface area (Å²) in [6.45, 7) is 6.17. The summed E-state index contributed by atoms with van der Waals surface area (Å²) >= 11 is 0. The van der Waals surface area contributed by atoms with E-state index in [9.17, 15) is 9.59 Å². The predicted molar refractivity (Wildman–Crippen MR) is 121 cm³/mol. The second kappa shape index (κ2) is 8.79. The van der Waals surface area contributed by atoms with Gasteiger partial charge in [0.25, 0.3) is 5.56 Å². The van der Waals surface area contributed by atoms with Gasteiger partial charge in [-0.05, 0) is 25.5 Å². The van der Waals surface area contributed by atoms with Gasteiger partial charge < -0.3 is 9.88 Å². The first-order chi connectivity index (χ1) is 15.1. The summed E-state index contributed by atoms with van der Waals surface area (Å²) in [5.74, 6) is 0.788. The summed E-state index contributed by atoms with van der Waals surface area (Å²) in [7, 11) is 0. The van der Waals surface area contributed by atoms with Gasteiger partial charge >= 0.3 is 0 Å². The van der Waals surface area contributed by atoms with E-state index in [1.165, 1.54) is 4.52 Å². The molecule has 0 fully saturated rings. The maximum atomic E-state index is 13.2. The van der Waals surface area contributed by atoms with Crippen molar-refractivity contribution in [3.8, 4) is 11.4 Å². The van der Waals surface area contributed by atoms with Gasteiger partial charge in [-0.3, -0.25) is 9.59 Å². The number of carbonyl (C=O) groups is 1. The zero-order valence-corrected chi connectivity index (χ0v) is 17.3. The van der Waals surface area contributed by atoms with Crippen molar-refractivity contribution < 1.29 is 4.79 Å². The third kappa shape index (κ3) is 4.16. The molecule has 1 amide bonds. The molecular formula is C24H23N5O2. The highest BCUT2D eigenvalue weighted by Crippen LogP contribution is 2.17. The number of benzene rings is 2. The van der Waals surface area contributed by atoms with Gasteiger partial charge in [0, 0.05) is 35.5 Å². The molecule has 1 N–H and O–H groups in total. The van der Waals surface area contributed by atoms with Crippen molar-refractivity contribution in [2.75, 3.05) is 5.32 Å². The Morgan fingerprint density at radius 1 is 1.10 bits per heavy atom. The number of para-hydroxylation sites is 1. The first kappa shape index (κ1) is 20.3. The topological polar surface area (TPSA) is 81.3 Å². The lowest BCUT2D eigenvalue weighted by molar-refractivity contribution is -0.116. The molecule has 2 aromatic heterocycles. The van der Waals surface area contributed by atoms with Crippen LogP contribution in [0.5, 0.6) is 0 Å². The van der Waals surface area contributed by atoms with Crippen LogP contribution in [0.3, 0.4) is 0 Å². The van der Waals surface area contributed by atoms with Crippen LogP contribution in [0.1, 0.15) is 17.7 Å². The molecule has 0 atom stereocenters. The monoisotopic (exact) mass is 413 g/mol. The van der Waals surface area contributed by atoms with Crippen LogP contribution in [0.25, 0.3) is 17.2 Å². The van der Waals surface area contributed by atoms with Crippen LogP contribution in [0, 0.1) is 6.92 Å². The van der Waals surface area contributed by atoms with Crippen molar-refractivity contribution in [1.29, 1.82) is 0 Å². The molecule has 7 heteroatoms. The molecule has 0 saturated heterocycles. The van der Waals surface area contributed by atoms with Gasteiger partial charge in [-0.25, -0.2) is 0 Å². The van der Waals surface area contributed by atoms with Crippen LogP contribution in [-0.2, 0) is 17.8 Å². The Hall–Kier alpha value is -4.00. The molecule has 2 aromatic carbocycles. The summed E-state index contributed by atoms with van der Waals surface area (Å²) in [5, 5.41) is 7.31. The van der Waals surface area contributed by atoms with E-state index in [4.69, 9.17) is 0 Å². The molecule has 4 aromatic rings. The smallest absolute Gasteiger partial charge is 0.279 e. The number of fused-ring (bicyclic) bond motifs is 1. The van der Waals surface area contributed by atoms with E-state index in [0.717, 1.165) is 16.9 Å². The quantitative estimate of drug-likeness (QED) is 0.469. The molecule has 4 rings (SSSR count). The van der Waals surface area contributed by atoms with E-state index in [0.29, 0.717) is 30.1 Å². The Balaban J connectivity index is 1.69. The Bertz CT molecular complexity index is 1290. The minimum atomic E-state index is -0.255. The van der Waals surface area contributed by atoms with Gasteiger partial charge in [0.05, 0.1) is 0 Å². The zero-order chi connectivity index (χ0) is 21.8.